The van der Waals surface area contributed by atoms with E-state index in [1.54, 1.807) is 42.5 Å². The molecule has 0 aliphatic heterocycles. The molecule has 2 aromatic carbocycles. The van der Waals surface area contributed by atoms with Crippen LogP contribution in [0.1, 0.15) is 28.4 Å². The highest BCUT2D eigenvalue weighted by Gasteiger charge is 2.11. The summed E-state index contributed by atoms with van der Waals surface area (Å²) >= 11 is 6.19. The lowest BCUT2D eigenvalue weighted by molar-refractivity contribution is -0.138. The van der Waals surface area contributed by atoms with Gasteiger partial charge in [0.25, 0.3) is 0 Å². The van der Waals surface area contributed by atoms with Gasteiger partial charge in [-0.25, -0.2) is 9.59 Å². The summed E-state index contributed by atoms with van der Waals surface area (Å²) in [6, 6.07) is 10.1. The second-order valence-corrected chi connectivity index (χ2v) is 6.01. The number of ether oxygens (including phenoxy) is 4. The number of carbonyl (C=O) groups is 2. The summed E-state index contributed by atoms with van der Waals surface area (Å²) in [5.41, 5.74) is 1.73. The van der Waals surface area contributed by atoms with Crippen LogP contribution in [0, 0.1) is 0 Å². The van der Waals surface area contributed by atoms with Crippen LogP contribution < -0.4 is 9.47 Å². The Balaban J connectivity index is 2.03. The number of benzene rings is 2. The number of esters is 2. The molecule has 0 fully saturated rings. The first-order chi connectivity index (χ1) is 13.5. The summed E-state index contributed by atoms with van der Waals surface area (Å²) in [5, 5.41) is 0.376. The van der Waals surface area contributed by atoms with Crippen molar-refractivity contribution >= 4 is 29.6 Å². The minimum atomic E-state index is -0.534. The van der Waals surface area contributed by atoms with E-state index in [4.69, 9.17) is 25.8 Å². The first-order valence-electron chi connectivity index (χ1n) is 8.50. The van der Waals surface area contributed by atoms with Gasteiger partial charge in [-0.15, -0.1) is 0 Å². The predicted octanol–water partition coefficient (Wildman–Crippen LogP) is 4.29. The molecule has 6 nitrogen and oxygen atoms in total. The van der Waals surface area contributed by atoms with Crippen molar-refractivity contribution in [1.29, 1.82) is 0 Å². The van der Waals surface area contributed by atoms with E-state index in [1.165, 1.54) is 20.3 Å². The second kappa shape index (κ2) is 10.4. The maximum absolute atomic E-state index is 12.0. The van der Waals surface area contributed by atoms with E-state index < -0.39 is 11.9 Å². The highest BCUT2D eigenvalue weighted by Crippen LogP contribution is 2.36. The van der Waals surface area contributed by atoms with E-state index >= 15 is 0 Å². The molecule has 2 rings (SSSR count). The summed E-state index contributed by atoms with van der Waals surface area (Å²) in [5.74, 6) is -0.0539. The summed E-state index contributed by atoms with van der Waals surface area (Å²) < 4.78 is 20.6. The molecule has 0 amide bonds. The lowest BCUT2D eigenvalue weighted by atomic mass is 10.1. The fourth-order valence-corrected chi connectivity index (χ4v) is 2.71. The molecule has 7 heteroatoms. The van der Waals surface area contributed by atoms with Gasteiger partial charge >= 0.3 is 11.9 Å². The molecule has 148 valence electrons. The number of rotatable bonds is 8. The van der Waals surface area contributed by atoms with Crippen molar-refractivity contribution in [3.8, 4) is 11.5 Å². The molecule has 0 heterocycles. The van der Waals surface area contributed by atoms with Gasteiger partial charge in [0.05, 0.1) is 31.4 Å². The minimum absolute atomic E-state index is 0.0293. The molecule has 0 aliphatic carbocycles. The smallest absolute Gasteiger partial charge is 0.337 e. The molecular formula is C21H21ClO6. The molecule has 0 spiro atoms. The van der Waals surface area contributed by atoms with Gasteiger partial charge in [0.2, 0.25) is 0 Å². The van der Waals surface area contributed by atoms with Gasteiger partial charge in [-0.1, -0.05) is 23.7 Å². The van der Waals surface area contributed by atoms with Crippen LogP contribution >= 0.6 is 11.6 Å². The average molecular weight is 405 g/mol. The molecule has 0 saturated carbocycles. The van der Waals surface area contributed by atoms with E-state index in [-0.39, 0.29) is 6.61 Å². The first kappa shape index (κ1) is 21.3. The molecule has 28 heavy (non-hydrogen) atoms. The maximum Gasteiger partial charge on any atom is 0.337 e. The van der Waals surface area contributed by atoms with Crippen molar-refractivity contribution in [1.82, 2.24) is 0 Å². The average Bonchev–Trinajstić information content (AvgIpc) is 2.70. The monoisotopic (exact) mass is 404 g/mol. The van der Waals surface area contributed by atoms with Crippen molar-refractivity contribution < 1.29 is 28.5 Å². The van der Waals surface area contributed by atoms with Crippen LogP contribution in [0.5, 0.6) is 11.5 Å². The van der Waals surface area contributed by atoms with E-state index in [1.807, 2.05) is 6.92 Å². The Bertz CT molecular complexity index is 875. The molecule has 0 atom stereocenters. The third-order valence-electron chi connectivity index (χ3n) is 3.68. The molecule has 0 N–H and O–H groups in total. The lowest BCUT2D eigenvalue weighted by Crippen LogP contribution is -2.04. The van der Waals surface area contributed by atoms with Crippen LogP contribution in [-0.4, -0.2) is 32.8 Å². The fourth-order valence-electron chi connectivity index (χ4n) is 2.42. The van der Waals surface area contributed by atoms with Gasteiger partial charge in [-0.05, 0) is 48.4 Å². The number of hydrogen-bond acceptors (Lipinski definition) is 6. The molecule has 0 radical (unpaired) electrons. The summed E-state index contributed by atoms with van der Waals surface area (Å²) in [6.45, 7) is 2.33. The third kappa shape index (κ3) is 5.76. The summed E-state index contributed by atoms with van der Waals surface area (Å²) in [6.07, 6.45) is 2.86. The van der Waals surface area contributed by atoms with Gasteiger partial charge in [0, 0.05) is 6.08 Å². The van der Waals surface area contributed by atoms with E-state index in [2.05, 4.69) is 4.74 Å². The van der Waals surface area contributed by atoms with Crippen molar-refractivity contribution in [2.75, 3.05) is 20.8 Å². The fraction of sp³-hybridized carbons (Fsp3) is 0.238. The van der Waals surface area contributed by atoms with Crippen molar-refractivity contribution in [2.45, 2.75) is 13.5 Å². The Kier molecular flexibility index (Phi) is 7.89. The first-order valence-corrected chi connectivity index (χ1v) is 8.88. The van der Waals surface area contributed by atoms with E-state index in [0.29, 0.717) is 39.8 Å². The van der Waals surface area contributed by atoms with Crippen LogP contribution in [0.15, 0.2) is 42.5 Å². The minimum Gasteiger partial charge on any atom is -0.491 e. The van der Waals surface area contributed by atoms with Crippen molar-refractivity contribution in [3.63, 3.8) is 0 Å². The van der Waals surface area contributed by atoms with Gasteiger partial charge < -0.3 is 18.9 Å². The maximum atomic E-state index is 12.0. The van der Waals surface area contributed by atoms with Gasteiger partial charge in [0.1, 0.15) is 6.61 Å². The number of hydrogen-bond donors (Lipinski definition) is 0. The SMILES string of the molecule is CCOc1cc(/C=C/C(=O)OCc2cccc(C(=O)OC)c2)cc(Cl)c1OC. The lowest BCUT2D eigenvalue weighted by Gasteiger charge is -2.11. The van der Waals surface area contributed by atoms with Crippen molar-refractivity contribution in [3.05, 3.63) is 64.2 Å². The zero-order valence-electron chi connectivity index (χ0n) is 15.9. The van der Waals surface area contributed by atoms with Crippen LogP contribution in [-0.2, 0) is 20.9 Å². The molecule has 0 bridgehead atoms. The van der Waals surface area contributed by atoms with Gasteiger partial charge in [-0.3, -0.25) is 0 Å². The molecule has 0 unspecified atom stereocenters. The largest absolute Gasteiger partial charge is 0.491 e. The van der Waals surface area contributed by atoms with Crippen LogP contribution in [0.25, 0.3) is 6.08 Å². The van der Waals surface area contributed by atoms with E-state index in [0.717, 1.165) is 0 Å². The Hall–Kier alpha value is -2.99. The highest BCUT2D eigenvalue weighted by atomic mass is 35.5. The van der Waals surface area contributed by atoms with Crippen LogP contribution in [0.4, 0.5) is 0 Å². The zero-order chi connectivity index (χ0) is 20.5. The highest BCUT2D eigenvalue weighted by molar-refractivity contribution is 6.32. The predicted molar refractivity (Wildman–Crippen MR) is 106 cm³/mol. The quantitative estimate of drug-likeness (QED) is 0.482. The van der Waals surface area contributed by atoms with Gasteiger partial charge in [0.15, 0.2) is 11.5 Å². The van der Waals surface area contributed by atoms with Crippen LogP contribution in [0.3, 0.4) is 0 Å². The Morgan fingerprint density at radius 1 is 1.14 bits per heavy atom. The van der Waals surface area contributed by atoms with Crippen molar-refractivity contribution in [2.24, 2.45) is 0 Å². The number of carbonyl (C=O) groups excluding carboxylic acids is 2. The number of halogens is 1. The number of methoxy groups -OCH3 is 2. The third-order valence-corrected chi connectivity index (χ3v) is 3.96. The zero-order valence-corrected chi connectivity index (χ0v) is 16.6. The van der Waals surface area contributed by atoms with Gasteiger partial charge in [-0.2, -0.15) is 0 Å². The Morgan fingerprint density at radius 2 is 1.93 bits per heavy atom. The Morgan fingerprint density at radius 3 is 2.61 bits per heavy atom. The molecule has 0 aliphatic rings. The standard InChI is InChI=1S/C21H21ClO6/c1-4-27-18-12-14(11-17(22)20(18)25-2)8-9-19(23)28-13-15-6-5-7-16(10-15)21(24)26-3/h5-12H,4,13H2,1-3H3/b9-8+. The summed E-state index contributed by atoms with van der Waals surface area (Å²) in [7, 11) is 2.81. The second-order valence-electron chi connectivity index (χ2n) is 5.60. The Labute approximate surface area is 168 Å². The molecular weight excluding hydrogens is 384 g/mol. The topological polar surface area (TPSA) is 71.1 Å². The van der Waals surface area contributed by atoms with E-state index in [9.17, 15) is 9.59 Å². The van der Waals surface area contributed by atoms with Crippen LogP contribution in [0.2, 0.25) is 5.02 Å². The normalized spacial score (nSPS) is 10.6. The molecule has 0 aromatic heterocycles. The summed E-state index contributed by atoms with van der Waals surface area (Å²) in [4.78, 5) is 23.5. The molecule has 2 aromatic rings. The molecule has 0 saturated heterocycles.